The summed E-state index contributed by atoms with van der Waals surface area (Å²) < 4.78 is 39.0. The number of halogens is 2. The predicted molar refractivity (Wildman–Crippen MR) is 134 cm³/mol. The van der Waals surface area contributed by atoms with E-state index in [1.807, 2.05) is 26.8 Å². The van der Waals surface area contributed by atoms with E-state index in [0.29, 0.717) is 11.4 Å². The molecular formula is C26H30F2N6O3. The molecule has 196 valence electrons. The number of hydrogen-bond donors (Lipinski definition) is 1. The van der Waals surface area contributed by atoms with Gasteiger partial charge < -0.3 is 14.8 Å². The Bertz CT molecular complexity index is 1250. The summed E-state index contributed by atoms with van der Waals surface area (Å²) in [6.07, 6.45) is 3.15. The molecule has 1 aliphatic rings. The molecule has 3 heterocycles. The number of rotatable bonds is 8. The van der Waals surface area contributed by atoms with Gasteiger partial charge in [0.25, 0.3) is 0 Å². The molecule has 1 aliphatic heterocycles. The molecule has 4 rings (SSSR count). The Morgan fingerprint density at radius 1 is 1.16 bits per heavy atom. The molecule has 1 saturated heterocycles. The van der Waals surface area contributed by atoms with Gasteiger partial charge in [-0.1, -0.05) is 18.2 Å². The van der Waals surface area contributed by atoms with Crippen molar-refractivity contribution in [2.45, 2.75) is 65.1 Å². The number of carbonyl (C=O) groups is 1. The number of ether oxygens (including phenoxy) is 2. The van der Waals surface area contributed by atoms with Crippen LogP contribution in [0.5, 0.6) is 0 Å². The van der Waals surface area contributed by atoms with Gasteiger partial charge in [0.05, 0.1) is 23.9 Å². The van der Waals surface area contributed by atoms with E-state index >= 15 is 0 Å². The van der Waals surface area contributed by atoms with Gasteiger partial charge in [-0.15, -0.1) is 0 Å². The van der Waals surface area contributed by atoms with Gasteiger partial charge in [0.1, 0.15) is 25.1 Å². The maximum Gasteiger partial charge on any atom is 0.416 e. The highest BCUT2D eigenvalue weighted by molar-refractivity contribution is 5.89. The second-order valence-corrected chi connectivity index (χ2v) is 9.84. The summed E-state index contributed by atoms with van der Waals surface area (Å²) in [5.41, 5.74) is 1.67. The molecule has 0 saturated carbocycles. The fraction of sp³-hybridized carbons (Fsp3) is 0.423. The van der Waals surface area contributed by atoms with Gasteiger partial charge in [0, 0.05) is 18.0 Å². The summed E-state index contributed by atoms with van der Waals surface area (Å²) in [4.78, 5) is 30.8. The SMILES string of the molecule is CC(Nc1ncc(F)c(N2C(=O)OC[C@@H]2[C@@H](C)OC(C)(C)C)n1)c1ncc(-c2cccc(CF)c2)cn1. The lowest BCUT2D eigenvalue weighted by molar-refractivity contribution is -0.0618. The molecule has 1 unspecified atom stereocenters. The second kappa shape index (κ2) is 10.7. The van der Waals surface area contributed by atoms with Crippen molar-refractivity contribution in [1.29, 1.82) is 0 Å². The van der Waals surface area contributed by atoms with E-state index in [0.717, 1.165) is 17.3 Å². The molecule has 37 heavy (non-hydrogen) atoms. The number of carbonyl (C=O) groups excluding carboxylic acids is 1. The topological polar surface area (TPSA) is 102 Å². The summed E-state index contributed by atoms with van der Waals surface area (Å²) in [6.45, 7) is 8.80. The Morgan fingerprint density at radius 3 is 2.57 bits per heavy atom. The first kappa shape index (κ1) is 26.3. The van der Waals surface area contributed by atoms with Crippen molar-refractivity contribution >= 4 is 17.9 Å². The van der Waals surface area contributed by atoms with Gasteiger partial charge in [-0.2, -0.15) is 4.98 Å². The number of anilines is 2. The quantitative estimate of drug-likeness (QED) is 0.437. The molecule has 0 aliphatic carbocycles. The fourth-order valence-electron chi connectivity index (χ4n) is 4.06. The summed E-state index contributed by atoms with van der Waals surface area (Å²) >= 11 is 0. The average molecular weight is 513 g/mol. The molecule has 9 nitrogen and oxygen atoms in total. The molecule has 1 aromatic carbocycles. The van der Waals surface area contributed by atoms with Gasteiger partial charge in [-0.3, -0.25) is 0 Å². The zero-order valence-electron chi connectivity index (χ0n) is 21.4. The molecule has 11 heteroatoms. The minimum Gasteiger partial charge on any atom is -0.447 e. The lowest BCUT2D eigenvalue weighted by Crippen LogP contribution is -2.45. The number of benzene rings is 1. The lowest BCUT2D eigenvalue weighted by Gasteiger charge is -2.31. The smallest absolute Gasteiger partial charge is 0.416 e. The van der Waals surface area contributed by atoms with E-state index in [9.17, 15) is 13.6 Å². The first-order chi connectivity index (χ1) is 17.6. The zero-order valence-corrected chi connectivity index (χ0v) is 21.4. The summed E-state index contributed by atoms with van der Waals surface area (Å²) in [5, 5.41) is 3.05. The number of hydrogen-bond acceptors (Lipinski definition) is 8. The van der Waals surface area contributed by atoms with Crippen molar-refractivity contribution in [1.82, 2.24) is 19.9 Å². The molecule has 3 aromatic rings. The largest absolute Gasteiger partial charge is 0.447 e. The lowest BCUT2D eigenvalue weighted by atomic mass is 10.1. The Labute approximate surface area is 214 Å². The van der Waals surface area contributed by atoms with Crippen LogP contribution in [0.2, 0.25) is 0 Å². The molecule has 0 spiro atoms. The van der Waals surface area contributed by atoms with E-state index in [1.165, 1.54) is 4.90 Å². The molecule has 2 aromatic heterocycles. The van der Waals surface area contributed by atoms with Crippen LogP contribution in [-0.2, 0) is 16.1 Å². The van der Waals surface area contributed by atoms with E-state index in [2.05, 4.69) is 25.3 Å². The van der Waals surface area contributed by atoms with Crippen molar-refractivity contribution in [3.05, 3.63) is 60.1 Å². The molecule has 0 radical (unpaired) electrons. The highest BCUT2D eigenvalue weighted by Gasteiger charge is 2.41. The minimum absolute atomic E-state index is 0.0487. The third kappa shape index (κ3) is 6.16. The van der Waals surface area contributed by atoms with Crippen LogP contribution in [0.25, 0.3) is 11.1 Å². The van der Waals surface area contributed by atoms with E-state index in [4.69, 9.17) is 9.47 Å². The van der Waals surface area contributed by atoms with Crippen molar-refractivity contribution in [3.8, 4) is 11.1 Å². The van der Waals surface area contributed by atoms with Gasteiger partial charge in [-0.05, 0) is 51.8 Å². The first-order valence-electron chi connectivity index (χ1n) is 12.0. The van der Waals surface area contributed by atoms with Crippen LogP contribution in [0.1, 0.15) is 52.0 Å². The Hall–Kier alpha value is -3.73. The molecule has 1 N–H and O–H groups in total. The van der Waals surface area contributed by atoms with Gasteiger partial charge in [0.15, 0.2) is 11.6 Å². The Balaban J connectivity index is 1.51. The van der Waals surface area contributed by atoms with E-state index < -0.39 is 42.4 Å². The van der Waals surface area contributed by atoms with Crippen LogP contribution in [0.3, 0.4) is 0 Å². The number of nitrogens with zero attached hydrogens (tertiary/aromatic N) is 5. The fourth-order valence-corrected chi connectivity index (χ4v) is 4.06. The minimum atomic E-state index is -0.763. The highest BCUT2D eigenvalue weighted by Crippen LogP contribution is 2.29. The number of cyclic esters (lactones) is 1. The monoisotopic (exact) mass is 512 g/mol. The van der Waals surface area contributed by atoms with Crippen molar-refractivity contribution in [3.63, 3.8) is 0 Å². The molecule has 0 bridgehead atoms. The van der Waals surface area contributed by atoms with Crippen LogP contribution >= 0.6 is 0 Å². The molecule has 1 amide bonds. The highest BCUT2D eigenvalue weighted by atomic mass is 19.1. The van der Waals surface area contributed by atoms with Crippen molar-refractivity contribution in [2.24, 2.45) is 0 Å². The van der Waals surface area contributed by atoms with Crippen molar-refractivity contribution in [2.75, 3.05) is 16.8 Å². The third-order valence-corrected chi connectivity index (χ3v) is 5.76. The maximum atomic E-state index is 14.8. The number of amides is 1. The molecular weight excluding hydrogens is 482 g/mol. The normalized spacial score (nSPS) is 17.4. The third-order valence-electron chi connectivity index (χ3n) is 5.76. The molecule has 1 fully saturated rings. The van der Waals surface area contributed by atoms with E-state index in [1.54, 1.807) is 44.4 Å². The van der Waals surface area contributed by atoms with Gasteiger partial charge in [-0.25, -0.2) is 33.4 Å². The number of nitrogens with one attached hydrogen (secondary N) is 1. The second-order valence-electron chi connectivity index (χ2n) is 9.84. The maximum absolute atomic E-state index is 14.8. The first-order valence-corrected chi connectivity index (χ1v) is 12.0. The molecule has 3 atom stereocenters. The average Bonchev–Trinajstić information content (AvgIpc) is 3.25. The summed E-state index contributed by atoms with van der Waals surface area (Å²) in [7, 11) is 0. The Morgan fingerprint density at radius 2 is 1.89 bits per heavy atom. The number of alkyl halides is 1. The standard InChI is InChI=1S/C26H30F2N6O3/c1-15(22-29-11-19(12-30-22)18-8-6-7-17(9-18)10-27)32-24-31-13-20(28)23(33-24)34-21(14-36-25(34)35)16(2)37-26(3,4)5/h6-9,11-13,15-16,21H,10,14H2,1-5H3,(H,31,32,33)/t15?,16-,21-/m1/s1. The van der Waals surface area contributed by atoms with Crippen LogP contribution in [0.4, 0.5) is 25.3 Å². The Kier molecular flexibility index (Phi) is 7.63. The van der Waals surface area contributed by atoms with Crippen LogP contribution in [0, 0.1) is 5.82 Å². The summed E-state index contributed by atoms with van der Waals surface area (Å²) in [5.74, 6) is -0.424. The van der Waals surface area contributed by atoms with Crippen LogP contribution < -0.4 is 10.2 Å². The van der Waals surface area contributed by atoms with Crippen LogP contribution in [0.15, 0.2) is 42.9 Å². The van der Waals surface area contributed by atoms with Gasteiger partial charge >= 0.3 is 6.09 Å². The van der Waals surface area contributed by atoms with E-state index in [-0.39, 0.29) is 18.4 Å². The summed E-state index contributed by atoms with van der Waals surface area (Å²) in [6, 6.07) is 6.10. The zero-order chi connectivity index (χ0) is 26.7. The number of aromatic nitrogens is 4. The van der Waals surface area contributed by atoms with Crippen molar-refractivity contribution < 1.29 is 23.0 Å². The predicted octanol–water partition coefficient (Wildman–Crippen LogP) is 5.24. The van der Waals surface area contributed by atoms with Crippen LogP contribution in [-0.4, -0.2) is 50.4 Å². The van der Waals surface area contributed by atoms with Gasteiger partial charge in [0.2, 0.25) is 5.95 Å².